The number of fused-ring (bicyclic) bond motifs is 1. The third-order valence-electron chi connectivity index (χ3n) is 5.33. The standard InChI is InChI=1S/C16H27F3O3/c1-10-6-7-12-4-3-5-13(14(12)8-21-10)11(2)15(20)22-9-16(17,18)19/h10-15,20H,3-9H2,1-2H3. The predicted octanol–water partition coefficient (Wildman–Crippen LogP) is 3.75. The van der Waals surface area contributed by atoms with Gasteiger partial charge >= 0.3 is 6.18 Å². The van der Waals surface area contributed by atoms with E-state index in [2.05, 4.69) is 11.7 Å². The summed E-state index contributed by atoms with van der Waals surface area (Å²) < 4.78 is 47.2. The molecule has 0 radical (unpaired) electrons. The highest BCUT2D eigenvalue weighted by Gasteiger charge is 2.41. The monoisotopic (exact) mass is 324 g/mol. The predicted molar refractivity (Wildman–Crippen MR) is 76.1 cm³/mol. The fraction of sp³-hybridized carbons (Fsp3) is 1.00. The Labute approximate surface area is 130 Å². The lowest BCUT2D eigenvalue weighted by molar-refractivity contribution is -0.234. The summed E-state index contributed by atoms with van der Waals surface area (Å²) in [5.74, 6) is 0.721. The van der Waals surface area contributed by atoms with E-state index in [9.17, 15) is 18.3 Å². The molecule has 1 saturated heterocycles. The fourth-order valence-corrected chi connectivity index (χ4v) is 4.01. The van der Waals surface area contributed by atoms with Crippen molar-refractivity contribution in [3.63, 3.8) is 0 Å². The summed E-state index contributed by atoms with van der Waals surface area (Å²) in [6.45, 7) is 3.11. The Morgan fingerprint density at radius 3 is 2.64 bits per heavy atom. The number of aliphatic hydroxyl groups is 1. The van der Waals surface area contributed by atoms with E-state index in [0.29, 0.717) is 18.4 Å². The Hall–Kier alpha value is -0.330. The average Bonchev–Trinajstić information content (AvgIpc) is 2.65. The Balaban J connectivity index is 1.96. The van der Waals surface area contributed by atoms with Crippen molar-refractivity contribution >= 4 is 0 Å². The zero-order valence-electron chi connectivity index (χ0n) is 13.3. The molecule has 130 valence electrons. The van der Waals surface area contributed by atoms with E-state index in [0.717, 1.165) is 32.1 Å². The van der Waals surface area contributed by atoms with Crippen LogP contribution in [0.25, 0.3) is 0 Å². The van der Waals surface area contributed by atoms with Gasteiger partial charge in [-0.15, -0.1) is 0 Å². The molecule has 6 atom stereocenters. The molecule has 0 spiro atoms. The molecule has 1 heterocycles. The summed E-state index contributed by atoms with van der Waals surface area (Å²) in [4.78, 5) is 0. The van der Waals surface area contributed by atoms with Gasteiger partial charge < -0.3 is 14.6 Å². The minimum Gasteiger partial charge on any atom is -0.378 e. The first-order chi connectivity index (χ1) is 10.3. The Morgan fingerprint density at radius 1 is 1.23 bits per heavy atom. The summed E-state index contributed by atoms with van der Waals surface area (Å²) in [5, 5.41) is 9.98. The minimum absolute atomic E-state index is 0.160. The van der Waals surface area contributed by atoms with Gasteiger partial charge in [-0.1, -0.05) is 19.8 Å². The normalized spacial score (nSPS) is 36.3. The molecule has 2 rings (SSSR count). The van der Waals surface area contributed by atoms with Crippen LogP contribution >= 0.6 is 0 Å². The molecule has 6 heteroatoms. The molecular weight excluding hydrogens is 297 g/mol. The number of hydrogen-bond acceptors (Lipinski definition) is 3. The number of aliphatic hydroxyl groups excluding tert-OH is 1. The van der Waals surface area contributed by atoms with Crippen LogP contribution in [-0.4, -0.2) is 36.9 Å². The van der Waals surface area contributed by atoms with Gasteiger partial charge in [-0.3, -0.25) is 0 Å². The van der Waals surface area contributed by atoms with Crippen molar-refractivity contribution in [1.29, 1.82) is 0 Å². The highest BCUT2D eigenvalue weighted by Crippen LogP contribution is 2.44. The van der Waals surface area contributed by atoms with Crippen LogP contribution in [0.1, 0.15) is 46.0 Å². The minimum atomic E-state index is -4.41. The maximum absolute atomic E-state index is 12.2. The quantitative estimate of drug-likeness (QED) is 0.801. The van der Waals surface area contributed by atoms with E-state index in [1.54, 1.807) is 6.92 Å². The fourth-order valence-electron chi connectivity index (χ4n) is 4.01. The number of hydrogen-bond donors (Lipinski definition) is 1. The second kappa shape index (κ2) is 7.49. The zero-order chi connectivity index (χ0) is 16.3. The molecule has 0 amide bonds. The number of ether oxygens (including phenoxy) is 2. The van der Waals surface area contributed by atoms with Gasteiger partial charge in [0, 0.05) is 5.92 Å². The van der Waals surface area contributed by atoms with Gasteiger partial charge in [0.25, 0.3) is 0 Å². The second-order valence-electron chi connectivity index (χ2n) is 6.92. The Kier molecular flexibility index (Phi) is 6.14. The molecule has 3 nitrogen and oxygen atoms in total. The summed E-state index contributed by atoms with van der Waals surface area (Å²) in [7, 11) is 0. The molecule has 0 aromatic rings. The van der Waals surface area contributed by atoms with Gasteiger partial charge in [-0.05, 0) is 43.9 Å². The summed E-state index contributed by atoms with van der Waals surface area (Å²) >= 11 is 0. The molecule has 1 aliphatic carbocycles. The number of rotatable bonds is 4. The van der Waals surface area contributed by atoms with E-state index in [1.165, 1.54) is 0 Å². The average molecular weight is 324 g/mol. The molecular formula is C16H27F3O3. The van der Waals surface area contributed by atoms with Crippen molar-refractivity contribution in [3.05, 3.63) is 0 Å². The maximum atomic E-state index is 12.2. The SMILES string of the molecule is CC1CCC2CCCC(C(C)C(O)OCC(F)(F)F)C2CO1. The second-order valence-corrected chi connectivity index (χ2v) is 6.92. The smallest absolute Gasteiger partial charge is 0.378 e. The number of halogens is 3. The number of alkyl halides is 3. The highest BCUT2D eigenvalue weighted by atomic mass is 19.4. The van der Waals surface area contributed by atoms with Gasteiger partial charge in [0.05, 0.1) is 12.7 Å². The molecule has 22 heavy (non-hydrogen) atoms. The molecule has 2 aliphatic rings. The molecule has 1 aliphatic heterocycles. The molecule has 0 aromatic heterocycles. The lowest BCUT2D eigenvalue weighted by Gasteiger charge is -2.41. The van der Waals surface area contributed by atoms with Crippen LogP contribution in [0.3, 0.4) is 0 Å². The lowest BCUT2D eigenvalue weighted by Crippen LogP contribution is -2.40. The first-order valence-electron chi connectivity index (χ1n) is 8.26. The van der Waals surface area contributed by atoms with Crippen molar-refractivity contribution in [2.24, 2.45) is 23.7 Å². The van der Waals surface area contributed by atoms with E-state index in [4.69, 9.17) is 4.74 Å². The van der Waals surface area contributed by atoms with Gasteiger partial charge in [-0.25, -0.2) is 0 Å². The van der Waals surface area contributed by atoms with E-state index >= 15 is 0 Å². The van der Waals surface area contributed by atoms with E-state index < -0.39 is 19.1 Å². The van der Waals surface area contributed by atoms with Gasteiger partial charge in [-0.2, -0.15) is 13.2 Å². The third-order valence-corrected chi connectivity index (χ3v) is 5.33. The van der Waals surface area contributed by atoms with Crippen LogP contribution in [-0.2, 0) is 9.47 Å². The van der Waals surface area contributed by atoms with Crippen molar-refractivity contribution in [3.8, 4) is 0 Å². The van der Waals surface area contributed by atoms with Gasteiger partial charge in [0.1, 0.15) is 6.61 Å². The highest BCUT2D eigenvalue weighted by molar-refractivity contribution is 4.87. The lowest BCUT2D eigenvalue weighted by atomic mass is 9.66. The Bertz CT molecular complexity index is 348. The summed E-state index contributed by atoms with van der Waals surface area (Å²) in [5.41, 5.74) is 0. The van der Waals surface area contributed by atoms with Crippen LogP contribution in [0.2, 0.25) is 0 Å². The van der Waals surface area contributed by atoms with E-state index in [1.807, 2.05) is 0 Å². The van der Waals surface area contributed by atoms with Crippen LogP contribution in [0.5, 0.6) is 0 Å². The molecule has 1 N–H and O–H groups in total. The zero-order valence-corrected chi connectivity index (χ0v) is 13.3. The first kappa shape index (κ1) is 18.0. The summed E-state index contributed by atoms with van der Waals surface area (Å²) in [6.07, 6.45) is -0.244. The topological polar surface area (TPSA) is 38.7 Å². The molecule has 0 aromatic carbocycles. The first-order valence-corrected chi connectivity index (χ1v) is 8.26. The molecule has 6 unspecified atom stereocenters. The van der Waals surface area contributed by atoms with Crippen molar-refractivity contribution < 1.29 is 27.8 Å². The molecule has 1 saturated carbocycles. The van der Waals surface area contributed by atoms with Crippen molar-refractivity contribution in [2.45, 2.75) is 64.5 Å². The third kappa shape index (κ3) is 4.83. The maximum Gasteiger partial charge on any atom is 0.411 e. The van der Waals surface area contributed by atoms with Crippen molar-refractivity contribution in [1.82, 2.24) is 0 Å². The molecule has 0 bridgehead atoms. The Morgan fingerprint density at radius 2 is 1.95 bits per heavy atom. The summed E-state index contributed by atoms with van der Waals surface area (Å²) in [6, 6.07) is 0. The molecule has 2 fully saturated rings. The van der Waals surface area contributed by atoms with Gasteiger partial charge in [0.2, 0.25) is 0 Å². The van der Waals surface area contributed by atoms with Crippen molar-refractivity contribution in [2.75, 3.05) is 13.2 Å². The van der Waals surface area contributed by atoms with Crippen LogP contribution in [0.15, 0.2) is 0 Å². The van der Waals surface area contributed by atoms with Gasteiger partial charge in [0.15, 0.2) is 6.29 Å². The van der Waals surface area contributed by atoms with Crippen LogP contribution in [0.4, 0.5) is 13.2 Å². The van der Waals surface area contributed by atoms with E-state index in [-0.39, 0.29) is 17.9 Å². The van der Waals surface area contributed by atoms with Crippen LogP contribution < -0.4 is 0 Å². The largest absolute Gasteiger partial charge is 0.411 e. The van der Waals surface area contributed by atoms with Crippen LogP contribution in [0, 0.1) is 23.7 Å².